The molecular formula is C12H13ClFNO2S. The van der Waals surface area contributed by atoms with E-state index in [-0.39, 0.29) is 22.9 Å². The van der Waals surface area contributed by atoms with Gasteiger partial charge in [0.05, 0.1) is 10.8 Å². The normalized spacial score (nSPS) is 23.2. The van der Waals surface area contributed by atoms with Crippen molar-refractivity contribution in [2.45, 2.75) is 19.0 Å². The first-order valence-electron chi connectivity index (χ1n) is 5.49. The molecule has 0 amide bonds. The minimum atomic E-state index is -3.08. The van der Waals surface area contributed by atoms with Gasteiger partial charge in [0, 0.05) is 17.5 Å². The second kappa shape index (κ2) is 4.99. The predicted octanol–water partition coefficient (Wildman–Crippen LogP) is 2.44. The van der Waals surface area contributed by atoms with Crippen LogP contribution in [0.5, 0.6) is 0 Å². The Morgan fingerprint density at radius 2 is 2.22 bits per heavy atom. The summed E-state index contributed by atoms with van der Waals surface area (Å²) >= 11 is 5.61. The second-order valence-electron chi connectivity index (χ2n) is 4.33. The highest BCUT2D eigenvalue weighted by molar-refractivity contribution is 7.94. The summed E-state index contributed by atoms with van der Waals surface area (Å²) in [5, 5.41) is 4.41. The summed E-state index contributed by atoms with van der Waals surface area (Å²) in [6.07, 6.45) is 1.61. The molecule has 1 aliphatic rings. The molecule has 0 spiro atoms. The Balaban J connectivity index is 2.06. The minimum absolute atomic E-state index is 0.0490. The van der Waals surface area contributed by atoms with Crippen LogP contribution in [0.3, 0.4) is 0 Å². The zero-order valence-corrected chi connectivity index (χ0v) is 11.3. The van der Waals surface area contributed by atoms with Gasteiger partial charge in [0.2, 0.25) is 0 Å². The standard InChI is InChI=1S/C12H13ClFNO2S/c1-8(9-2-3-11(13)12(14)6-9)15-10-4-5-18(16,17)7-10/h2-6,8,10,15H,7H2,1H3. The van der Waals surface area contributed by atoms with E-state index in [1.54, 1.807) is 12.1 Å². The maximum absolute atomic E-state index is 13.3. The van der Waals surface area contributed by atoms with Crippen LogP contribution in [0.25, 0.3) is 0 Å². The van der Waals surface area contributed by atoms with Crippen molar-refractivity contribution in [1.82, 2.24) is 5.32 Å². The van der Waals surface area contributed by atoms with Crippen LogP contribution in [0.2, 0.25) is 5.02 Å². The van der Waals surface area contributed by atoms with Gasteiger partial charge >= 0.3 is 0 Å². The molecule has 2 rings (SSSR count). The molecule has 1 aliphatic heterocycles. The lowest BCUT2D eigenvalue weighted by molar-refractivity contribution is 0.530. The van der Waals surface area contributed by atoms with Crippen LogP contribution < -0.4 is 5.32 Å². The molecule has 0 fully saturated rings. The van der Waals surface area contributed by atoms with Gasteiger partial charge in [-0.1, -0.05) is 23.7 Å². The Kier molecular flexibility index (Phi) is 3.75. The summed E-state index contributed by atoms with van der Waals surface area (Å²) < 4.78 is 35.8. The van der Waals surface area contributed by atoms with Gasteiger partial charge in [-0.2, -0.15) is 0 Å². The molecule has 1 N–H and O–H groups in total. The molecular weight excluding hydrogens is 277 g/mol. The fourth-order valence-corrected chi connectivity index (χ4v) is 3.24. The SMILES string of the molecule is CC(NC1C=CS(=O)(=O)C1)c1ccc(Cl)c(F)c1. The van der Waals surface area contributed by atoms with E-state index in [4.69, 9.17) is 11.6 Å². The molecule has 0 radical (unpaired) electrons. The number of benzene rings is 1. The zero-order chi connectivity index (χ0) is 13.3. The first-order valence-corrected chi connectivity index (χ1v) is 7.59. The van der Waals surface area contributed by atoms with Gasteiger partial charge in [-0.05, 0) is 24.6 Å². The van der Waals surface area contributed by atoms with Crippen LogP contribution in [0, 0.1) is 5.82 Å². The van der Waals surface area contributed by atoms with Crippen LogP contribution >= 0.6 is 11.6 Å². The molecule has 98 valence electrons. The largest absolute Gasteiger partial charge is 0.303 e. The van der Waals surface area contributed by atoms with Crippen molar-refractivity contribution < 1.29 is 12.8 Å². The van der Waals surface area contributed by atoms with Crippen molar-refractivity contribution in [1.29, 1.82) is 0 Å². The Labute approximate surface area is 111 Å². The highest BCUT2D eigenvalue weighted by Crippen LogP contribution is 2.21. The van der Waals surface area contributed by atoms with Crippen molar-refractivity contribution in [3.05, 3.63) is 46.1 Å². The fraction of sp³-hybridized carbons (Fsp3) is 0.333. The number of sulfone groups is 1. The number of nitrogens with one attached hydrogen (secondary N) is 1. The predicted molar refractivity (Wildman–Crippen MR) is 69.7 cm³/mol. The van der Waals surface area contributed by atoms with E-state index in [0.29, 0.717) is 0 Å². The van der Waals surface area contributed by atoms with Gasteiger partial charge in [-0.3, -0.25) is 0 Å². The molecule has 0 aliphatic carbocycles. The van der Waals surface area contributed by atoms with E-state index < -0.39 is 15.7 Å². The number of hydrogen-bond donors (Lipinski definition) is 1. The van der Waals surface area contributed by atoms with E-state index in [1.165, 1.54) is 17.5 Å². The lowest BCUT2D eigenvalue weighted by Gasteiger charge is -2.18. The van der Waals surface area contributed by atoms with Crippen LogP contribution in [0.4, 0.5) is 4.39 Å². The topological polar surface area (TPSA) is 46.2 Å². The number of rotatable bonds is 3. The van der Waals surface area contributed by atoms with Crippen molar-refractivity contribution in [3.8, 4) is 0 Å². The molecule has 0 saturated heterocycles. The smallest absolute Gasteiger partial charge is 0.173 e. The summed E-state index contributed by atoms with van der Waals surface area (Å²) in [6.45, 7) is 1.85. The third-order valence-corrected chi connectivity index (χ3v) is 4.54. The monoisotopic (exact) mass is 289 g/mol. The summed E-state index contributed by atoms with van der Waals surface area (Å²) in [5.41, 5.74) is 0.731. The average Bonchev–Trinajstić information content (AvgIpc) is 2.62. The molecule has 6 heteroatoms. The van der Waals surface area contributed by atoms with Gasteiger partial charge in [0.25, 0.3) is 0 Å². The molecule has 0 bridgehead atoms. The van der Waals surface area contributed by atoms with Crippen molar-refractivity contribution in [2.24, 2.45) is 0 Å². The molecule has 1 heterocycles. The van der Waals surface area contributed by atoms with Crippen LogP contribution in [-0.4, -0.2) is 20.2 Å². The van der Waals surface area contributed by atoms with Crippen molar-refractivity contribution in [2.75, 3.05) is 5.75 Å². The van der Waals surface area contributed by atoms with E-state index in [9.17, 15) is 12.8 Å². The lowest BCUT2D eigenvalue weighted by atomic mass is 10.1. The molecule has 1 aromatic carbocycles. The first-order chi connectivity index (χ1) is 8.37. The van der Waals surface area contributed by atoms with Gasteiger partial charge in [-0.25, -0.2) is 12.8 Å². The zero-order valence-electron chi connectivity index (χ0n) is 9.73. The fourth-order valence-electron chi connectivity index (χ4n) is 1.88. The van der Waals surface area contributed by atoms with Gasteiger partial charge in [0.1, 0.15) is 5.82 Å². The highest BCUT2D eigenvalue weighted by atomic mass is 35.5. The summed E-state index contributed by atoms with van der Waals surface area (Å²) in [5.74, 6) is -0.426. The quantitative estimate of drug-likeness (QED) is 0.930. The Morgan fingerprint density at radius 3 is 2.78 bits per heavy atom. The summed E-state index contributed by atoms with van der Waals surface area (Å²) in [7, 11) is -3.08. The summed E-state index contributed by atoms with van der Waals surface area (Å²) in [6, 6.07) is 4.18. The summed E-state index contributed by atoms with van der Waals surface area (Å²) in [4.78, 5) is 0. The van der Waals surface area contributed by atoms with Gasteiger partial charge < -0.3 is 5.32 Å². The van der Waals surface area contributed by atoms with Crippen LogP contribution in [0.1, 0.15) is 18.5 Å². The number of halogens is 2. The van der Waals surface area contributed by atoms with Gasteiger partial charge in [-0.15, -0.1) is 0 Å². The minimum Gasteiger partial charge on any atom is -0.303 e. The van der Waals surface area contributed by atoms with E-state index >= 15 is 0 Å². The van der Waals surface area contributed by atoms with Gasteiger partial charge in [0.15, 0.2) is 9.84 Å². The van der Waals surface area contributed by atoms with E-state index in [0.717, 1.165) is 5.56 Å². The lowest BCUT2D eigenvalue weighted by Crippen LogP contribution is -2.32. The van der Waals surface area contributed by atoms with Crippen molar-refractivity contribution in [3.63, 3.8) is 0 Å². The first kappa shape index (κ1) is 13.5. The molecule has 2 unspecified atom stereocenters. The van der Waals surface area contributed by atoms with E-state index in [1.807, 2.05) is 6.92 Å². The molecule has 1 aromatic rings. The molecule has 3 nitrogen and oxygen atoms in total. The Morgan fingerprint density at radius 1 is 1.50 bits per heavy atom. The Bertz CT molecular complexity index is 586. The molecule has 18 heavy (non-hydrogen) atoms. The van der Waals surface area contributed by atoms with E-state index in [2.05, 4.69) is 5.32 Å². The maximum atomic E-state index is 13.3. The van der Waals surface area contributed by atoms with Crippen LogP contribution in [0.15, 0.2) is 29.7 Å². The number of hydrogen-bond acceptors (Lipinski definition) is 3. The molecule has 0 aromatic heterocycles. The highest BCUT2D eigenvalue weighted by Gasteiger charge is 2.23. The molecule has 0 saturated carbocycles. The van der Waals surface area contributed by atoms with Crippen LogP contribution in [-0.2, 0) is 9.84 Å². The maximum Gasteiger partial charge on any atom is 0.173 e. The second-order valence-corrected chi connectivity index (χ2v) is 6.66. The third kappa shape index (κ3) is 3.10. The Hall–Kier alpha value is -0.910. The average molecular weight is 290 g/mol. The molecule has 2 atom stereocenters. The van der Waals surface area contributed by atoms with Crippen molar-refractivity contribution >= 4 is 21.4 Å². The third-order valence-electron chi connectivity index (χ3n) is 2.84.